The summed E-state index contributed by atoms with van der Waals surface area (Å²) in [6, 6.07) is 2.13. The van der Waals surface area contributed by atoms with Crippen LogP contribution in [0.4, 0.5) is 0 Å². The molecule has 3 unspecified atom stereocenters. The van der Waals surface area contributed by atoms with Crippen LogP contribution in [-0.2, 0) is 25.6 Å². The fourth-order valence-electron chi connectivity index (χ4n) is 2.64. The number of hydrogen-bond acceptors (Lipinski definition) is 7. The molecule has 11 heteroatoms. The van der Waals surface area contributed by atoms with Gasteiger partial charge in [0.15, 0.2) is 0 Å². The molecular formula is C19H28N4O7. The van der Waals surface area contributed by atoms with Crippen LogP contribution in [-0.4, -0.2) is 63.7 Å². The fourth-order valence-corrected chi connectivity index (χ4v) is 2.64. The van der Waals surface area contributed by atoms with Crippen molar-refractivity contribution in [2.24, 2.45) is 11.5 Å². The smallest absolute Gasteiger partial charge is 0.326 e. The number of phenolic OH excluding ortho intramolecular Hbond substituents is 1. The largest absolute Gasteiger partial charge is 0.508 e. The van der Waals surface area contributed by atoms with Crippen LogP contribution in [0.15, 0.2) is 24.3 Å². The summed E-state index contributed by atoms with van der Waals surface area (Å²) in [6.07, 6.45) is 0.827. The highest BCUT2D eigenvalue weighted by Crippen LogP contribution is 2.12. The second kappa shape index (κ2) is 12.4. The molecule has 1 aromatic rings. The number of hydrogen-bond donors (Lipinski definition) is 7. The van der Waals surface area contributed by atoms with Gasteiger partial charge in [-0.05, 0) is 37.1 Å². The molecule has 0 aliphatic rings. The minimum Gasteiger partial charge on any atom is -0.508 e. The zero-order valence-corrected chi connectivity index (χ0v) is 16.4. The maximum Gasteiger partial charge on any atom is 0.326 e. The maximum atomic E-state index is 12.6. The average Bonchev–Trinajstić information content (AvgIpc) is 2.68. The summed E-state index contributed by atoms with van der Waals surface area (Å²) in [6.45, 7) is 0.459. The first-order valence-corrected chi connectivity index (χ1v) is 9.43. The van der Waals surface area contributed by atoms with Crippen LogP contribution in [0.25, 0.3) is 0 Å². The fraction of sp³-hybridized carbons (Fsp3) is 0.474. The Labute approximate surface area is 173 Å². The standard InChI is InChI=1S/C19H28N4O7/c20-8-2-1-3-13(21)17(27)22-14(9-11-4-6-12(24)7-5-11)18(28)23-15(19(29)30)10-16(25)26/h4-7,13-15,24H,1-3,8-10,20-21H2,(H,22,27)(H,23,28)(H,25,26)(H,29,30). The Morgan fingerprint density at radius 2 is 1.53 bits per heavy atom. The van der Waals surface area contributed by atoms with Gasteiger partial charge in [-0.2, -0.15) is 0 Å². The van der Waals surface area contributed by atoms with Gasteiger partial charge >= 0.3 is 11.9 Å². The number of nitrogens with two attached hydrogens (primary N) is 2. The maximum absolute atomic E-state index is 12.6. The highest BCUT2D eigenvalue weighted by molar-refractivity contribution is 5.92. The molecule has 0 aliphatic carbocycles. The minimum absolute atomic E-state index is 0.0121. The van der Waals surface area contributed by atoms with E-state index in [1.54, 1.807) is 0 Å². The normalized spacial score (nSPS) is 13.7. The molecule has 0 aliphatic heterocycles. The Morgan fingerprint density at radius 1 is 0.933 bits per heavy atom. The molecular weight excluding hydrogens is 396 g/mol. The third kappa shape index (κ3) is 8.88. The van der Waals surface area contributed by atoms with Crippen molar-refractivity contribution in [3.05, 3.63) is 29.8 Å². The van der Waals surface area contributed by atoms with Crippen LogP contribution >= 0.6 is 0 Å². The zero-order chi connectivity index (χ0) is 22.7. The van der Waals surface area contributed by atoms with Gasteiger partial charge in [-0.1, -0.05) is 18.6 Å². The van der Waals surface area contributed by atoms with Crippen LogP contribution in [0.1, 0.15) is 31.2 Å². The van der Waals surface area contributed by atoms with Crippen molar-refractivity contribution in [2.45, 2.75) is 50.2 Å². The van der Waals surface area contributed by atoms with E-state index in [1.807, 2.05) is 0 Å². The van der Waals surface area contributed by atoms with Gasteiger partial charge in [0, 0.05) is 6.42 Å². The van der Waals surface area contributed by atoms with Crippen LogP contribution in [0.2, 0.25) is 0 Å². The van der Waals surface area contributed by atoms with E-state index < -0.39 is 48.3 Å². The van der Waals surface area contributed by atoms with Crippen LogP contribution in [0.5, 0.6) is 5.75 Å². The molecule has 166 valence electrons. The number of amides is 2. The first-order valence-electron chi connectivity index (χ1n) is 9.43. The summed E-state index contributed by atoms with van der Waals surface area (Å²) in [5, 5.41) is 32.0. The number of carboxylic acids is 2. The van der Waals surface area contributed by atoms with Crippen LogP contribution in [0.3, 0.4) is 0 Å². The highest BCUT2D eigenvalue weighted by Gasteiger charge is 2.29. The first kappa shape index (κ1) is 24.9. The van der Waals surface area contributed by atoms with E-state index in [0.29, 0.717) is 31.4 Å². The van der Waals surface area contributed by atoms with Crippen molar-refractivity contribution in [3.8, 4) is 5.75 Å². The first-order chi connectivity index (χ1) is 14.1. The number of benzene rings is 1. The minimum atomic E-state index is -1.66. The number of carbonyl (C=O) groups is 4. The summed E-state index contributed by atoms with van der Waals surface area (Å²) in [4.78, 5) is 47.1. The van der Waals surface area contributed by atoms with Gasteiger partial charge in [0.1, 0.15) is 17.8 Å². The number of nitrogens with one attached hydrogen (secondary N) is 2. The molecule has 30 heavy (non-hydrogen) atoms. The lowest BCUT2D eigenvalue weighted by Gasteiger charge is -2.22. The van der Waals surface area contributed by atoms with Crippen molar-refractivity contribution in [1.29, 1.82) is 0 Å². The Morgan fingerprint density at radius 3 is 2.07 bits per heavy atom. The zero-order valence-electron chi connectivity index (χ0n) is 16.4. The second-order valence-electron chi connectivity index (χ2n) is 6.82. The third-order valence-electron chi connectivity index (χ3n) is 4.31. The van der Waals surface area contributed by atoms with Gasteiger partial charge in [0.05, 0.1) is 12.5 Å². The van der Waals surface area contributed by atoms with Gasteiger partial charge in [0.2, 0.25) is 11.8 Å². The van der Waals surface area contributed by atoms with Gasteiger partial charge in [0.25, 0.3) is 0 Å². The predicted molar refractivity (Wildman–Crippen MR) is 106 cm³/mol. The molecule has 0 saturated heterocycles. The lowest BCUT2D eigenvalue weighted by Crippen LogP contribution is -2.55. The summed E-state index contributed by atoms with van der Waals surface area (Å²) in [7, 11) is 0. The molecule has 0 saturated carbocycles. The van der Waals surface area contributed by atoms with Crippen molar-refractivity contribution >= 4 is 23.8 Å². The SMILES string of the molecule is NCCCCC(N)C(=O)NC(Cc1ccc(O)cc1)C(=O)NC(CC(=O)O)C(=O)O. The average molecular weight is 424 g/mol. The Kier molecular flexibility index (Phi) is 10.3. The van der Waals surface area contributed by atoms with Gasteiger partial charge in [-0.15, -0.1) is 0 Å². The second-order valence-corrected chi connectivity index (χ2v) is 6.82. The molecule has 2 amide bonds. The van der Waals surface area contributed by atoms with Crippen molar-refractivity contribution in [1.82, 2.24) is 10.6 Å². The number of aromatic hydroxyl groups is 1. The number of rotatable bonds is 13. The van der Waals surface area contributed by atoms with E-state index in [9.17, 15) is 24.3 Å². The quantitative estimate of drug-likeness (QED) is 0.192. The van der Waals surface area contributed by atoms with Gasteiger partial charge in [-0.3, -0.25) is 14.4 Å². The molecule has 0 radical (unpaired) electrons. The monoisotopic (exact) mass is 424 g/mol. The Balaban J connectivity index is 2.93. The van der Waals surface area contributed by atoms with Crippen molar-refractivity contribution in [2.75, 3.05) is 6.54 Å². The third-order valence-corrected chi connectivity index (χ3v) is 4.31. The van der Waals surface area contributed by atoms with Crippen LogP contribution in [0, 0.1) is 0 Å². The molecule has 0 heterocycles. The summed E-state index contributed by atoms with van der Waals surface area (Å²) in [5.41, 5.74) is 11.8. The number of carbonyl (C=O) groups excluding carboxylic acids is 2. The van der Waals surface area contributed by atoms with Gasteiger partial charge < -0.3 is 37.4 Å². The molecule has 0 aromatic heterocycles. The Bertz CT molecular complexity index is 739. The van der Waals surface area contributed by atoms with Crippen LogP contribution < -0.4 is 22.1 Å². The van der Waals surface area contributed by atoms with E-state index in [1.165, 1.54) is 24.3 Å². The number of unbranched alkanes of at least 4 members (excludes halogenated alkanes) is 1. The summed E-state index contributed by atoms with van der Waals surface area (Å²) in [5.74, 6) is -4.36. The molecule has 0 fully saturated rings. The molecule has 1 rings (SSSR count). The molecule has 9 N–H and O–H groups in total. The van der Waals surface area contributed by atoms with Gasteiger partial charge in [-0.25, -0.2) is 4.79 Å². The molecule has 11 nitrogen and oxygen atoms in total. The summed E-state index contributed by atoms with van der Waals surface area (Å²) < 4.78 is 0. The molecule has 0 bridgehead atoms. The molecule has 3 atom stereocenters. The van der Waals surface area contributed by atoms with E-state index in [-0.39, 0.29) is 12.2 Å². The number of phenols is 1. The van der Waals surface area contributed by atoms with Crippen molar-refractivity contribution in [3.63, 3.8) is 0 Å². The lowest BCUT2D eigenvalue weighted by molar-refractivity contribution is -0.147. The number of aliphatic carboxylic acids is 2. The Hall–Kier alpha value is -3.18. The van der Waals surface area contributed by atoms with Crippen molar-refractivity contribution < 1.29 is 34.5 Å². The number of carboxylic acid groups (broad SMARTS) is 2. The van der Waals surface area contributed by atoms with E-state index in [2.05, 4.69) is 10.6 Å². The molecule has 1 aromatic carbocycles. The lowest BCUT2D eigenvalue weighted by atomic mass is 10.0. The van der Waals surface area contributed by atoms with E-state index >= 15 is 0 Å². The topological polar surface area (TPSA) is 205 Å². The predicted octanol–water partition coefficient (Wildman–Crippen LogP) is -1.08. The highest BCUT2D eigenvalue weighted by atomic mass is 16.4. The molecule has 0 spiro atoms. The van der Waals surface area contributed by atoms with E-state index in [4.69, 9.17) is 21.7 Å². The van der Waals surface area contributed by atoms with E-state index in [0.717, 1.165) is 0 Å². The summed E-state index contributed by atoms with van der Waals surface area (Å²) >= 11 is 0.